The van der Waals surface area contributed by atoms with Gasteiger partial charge in [-0.2, -0.15) is 13.2 Å². The number of alkyl halides is 3. The summed E-state index contributed by atoms with van der Waals surface area (Å²) >= 11 is 0. The zero-order valence-electron chi connectivity index (χ0n) is 9.15. The first-order valence-corrected chi connectivity index (χ1v) is 5.58. The summed E-state index contributed by atoms with van der Waals surface area (Å²) in [5, 5.41) is 3.01. The molecular weight excluding hydrogens is 234 g/mol. The predicted molar refractivity (Wildman–Crippen MR) is 56.0 cm³/mol. The second kappa shape index (κ2) is 4.64. The molecule has 1 saturated heterocycles. The Bertz CT molecular complexity index is 394. The summed E-state index contributed by atoms with van der Waals surface area (Å²) in [6.07, 6.45) is -1.99. The van der Waals surface area contributed by atoms with Gasteiger partial charge < -0.3 is 5.32 Å². The Hall–Kier alpha value is -1.10. The Morgan fingerprint density at radius 1 is 1.18 bits per heavy atom. The Morgan fingerprint density at radius 3 is 2.53 bits per heavy atom. The Morgan fingerprint density at radius 2 is 1.94 bits per heavy atom. The van der Waals surface area contributed by atoms with Crippen LogP contribution in [-0.2, 0) is 6.18 Å². The van der Waals surface area contributed by atoms with Crippen molar-refractivity contribution in [1.29, 1.82) is 0 Å². The summed E-state index contributed by atoms with van der Waals surface area (Å²) in [6, 6.07) is 2.28. The number of rotatable bonds is 1. The fraction of sp³-hybridized carbons (Fsp3) is 0.500. The van der Waals surface area contributed by atoms with Crippen LogP contribution in [0.1, 0.15) is 36.4 Å². The third kappa shape index (κ3) is 2.77. The monoisotopic (exact) mass is 247 g/mol. The van der Waals surface area contributed by atoms with Crippen LogP contribution in [0.4, 0.5) is 17.6 Å². The van der Waals surface area contributed by atoms with Crippen molar-refractivity contribution >= 4 is 0 Å². The maximum absolute atomic E-state index is 13.1. The van der Waals surface area contributed by atoms with E-state index in [1.807, 2.05) is 0 Å². The van der Waals surface area contributed by atoms with E-state index in [9.17, 15) is 17.6 Å². The molecule has 1 atom stereocenters. The van der Waals surface area contributed by atoms with E-state index in [0.717, 1.165) is 31.0 Å². The van der Waals surface area contributed by atoms with Crippen molar-refractivity contribution in [3.05, 3.63) is 35.1 Å². The molecule has 1 aromatic rings. The molecule has 1 nitrogen and oxygen atoms in total. The molecule has 1 aliphatic rings. The molecule has 1 aliphatic heterocycles. The predicted octanol–water partition coefficient (Wildman–Crippen LogP) is 3.66. The van der Waals surface area contributed by atoms with Crippen molar-refractivity contribution in [2.24, 2.45) is 0 Å². The van der Waals surface area contributed by atoms with Crippen molar-refractivity contribution in [2.75, 3.05) is 6.54 Å². The normalized spacial score (nSPS) is 21.5. The zero-order valence-corrected chi connectivity index (χ0v) is 9.15. The van der Waals surface area contributed by atoms with E-state index >= 15 is 0 Å². The topological polar surface area (TPSA) is 12.0 Å². The molecule has 0 bridgehead atoms. The highest BCUT2D eigenvalue weighted by molar-refractivity contribution is 5.33. The minimum absolute atomic E-state index is 0.0252. The molecule has 0 aliphatic carbocycles. The molecule has 94 valence electrons. The van der Waals surface area contributed by atoms with E-state index < -0.39 is 23.6 Å². The van der Waals surface area contributed by atoms with Gasteiger partial charge in [-0.1, -0.05) is 6.42 Å². The second-order valence-corrected chi connectivity index (χ2v) is 4.23. The van der Waals surface area contributed by atoms with Gasteiger partial charge in [-0.3, -0.25) is 0 Å². The molecule has 0 radical (unpaired) electrons. The van der Waals surface area contributed by atoms with Gasteiger partial charge in [0.2, 0.25) is 0 Å². The molecule has 2 rings (SSSR count). The molecule has 0 saturated carbocycles. The lowest BCUT2D eigenvalue weighted by Gasteiger charge is -2.26. The van der Waals surface area contributed by atoms with Crippen molar-refractivity contribution < 1.29 is 17.6 Å². The number of hydrogen-bond acceptors (Lipinski definition) is 1. The molecule has 0 aromatic heterocycles. The summed E-state index contributed by atoms with van der Waals surface area (Å²) in [5.74, 6) is -0.625. The number of hydrogen-bond donors (Lipinski definition) is 1. The lowest BCUT2D eigenvalue weighted by molar-refractivity contribution is -0.138. The average Bonchev–Trinajstić information content (AvgIpc) is 2.28. The highest BCUT2D eigenvalue weighted by Gasteiger charge is 2.35. The fourth-order valence-electron chi connectivity index (χ4n) is 2.20. The summed E-state index contributed by atoms with van der Waals surface area (Å²) < 4.78 is 51.4. The van der Waals surface area contributed by atoms with Crippen LogP contribution in [0.15, 0.2) is 18.2 Å². The van der Waals surface area contributed by atoms with Gasteiger partial charge in [-0.05, 0) is 43.1 Å². The van der Waals surface area contributed by atoms with Gasteiger partial charge in [0.1, 0.15) is 5.82 Å². The van der Waals surface area contributed by atoms with Crippen molar-refractivity contribution in [3.8, 4) is 0 Å². The van der Waals surface area contributed by atoms with E-state index in [-0.39, 0.29) is 5.56 Å². The Balaban J connectivity index is 2.39. The third-order valence-electron chi connectivity index (χ3n) is 3.00. The van der Waals surface area contributed by atoms with E-state index in [1.165, 1.54) is 0 Å². The molecule has 0 amide bonds. The summed E-state index contributed by atoms with van der Waals surface area (Å²) in [6.45, 7) is 0.679. The van der Waals surface area contributed by atoms with Crippen molar-refractivity contribution in [2.45, 2.75) is 31.5 Å². The Kier molecular flexibility index (Phi) is 3.38. The molecule has 1 heterocycles. The molecule has 1 fully saturated rings. The van der Waals surface area contributed by atoms with Crippen LogP contribution < -0.4 is 5.32 Å². The van der Waals surface area contributed by atoms with Gasteiger partial charge in [0.25, 0.3) is 0 Å². The molecular formula is C12H13F4N. The third-order valence-corrected chi connectivity index (χ3v) is 3.00. The summed E-state index contributed by atoms with van der Waals surface area (Å²) in [5.41, 5.74) is -0.712. The number of halogens is 4. The maximum Gasteiger partial charge on any atom is 0.416 e. The first kappa shape index (κ1) is 12.4. The van der Waals surface area contributed by atoms with Gasteiger partial charge in [-0.15, -0.1) is 0 Å². The first-order valence-electron chi connectivity index (χ1n) is 5.58. The van der Waals surface area contributed by atoms with Crippen molar-refractivity contribution in [1.82, 2.24) is 5.32 Å². The average molecular weight is 247 g/mol. The fourth-order valence-corrected chi connectivity index (χ4v) is 2.20. The first-order chi connectivity index (χ1) is 7.98. The van der Waals surface area contributed by atoms with Gasteiger partial charge in [0, 0.05) is 6.04 Å². The maximum atomic E-state index is 13.1. The lowest BCUT2D eigenvalue weighted by Crippen LogP contribution is -2.28. The van der Waals surface area contributed by atoms with Crippen LogP contribution in [0.5, 0.6) is 0 Å². The van der Waals surface area contributed by atoms with Gasteiger partial charge in [0.15, 0.2) is 0 Å². The van der Waals surface area contributed by atoms with Crippen LogP contribution in [0.2, 0.25) is 0 Å². The SMILES string of the molecule is Fc1ccc(C(F)(F)F)c([C@@H]2CCCCN2)c1. The minimum Gasteiger partial charge on any atom is -0.310 e. The number of benzene rings is 1. The lowest BCUT2D eigenvalue weighted by atomic mass is 9.93. The number of nitrogens with one attached hydrogen (secondary N) is 1. The van der Waals surface area contributed by atoms with Gasteiger partial charge in [-0.25, -0.2) is 4.39 Å². The second-order valence-electron chi connectivity index (χ2n) is 4.23. The van der Waals surface area contributed by atoms with Crippen LogP contribution in [-0.4, -0.2) is 6.54 Å². The molecule has 0 spiro atoms. The summed E-state index contributed by atoms with van der Waals surface area (Å²) in [4.78, 5) is 0. The van der Waals surface area contributed by atoms with Crippen molar-refractivity contribution in [3.63, 3.8) is 0 Å². The Labute approximate surface area is 96.8 Å². The number of piperidine rings is 1. The quantitative estimate of drug-likeness (QED) is 0.747. The standard InChI is InChI=1S/C12H13F4N/c13-8-4-5-10(12(14,15)16)9(7-8)11-3-1-2-6-17-11/h4-5,7,11,17H,1-3,6H2/t11-/m0/s1. The summed E-state index contributed by atoms with van der Waals surface area (Å²) in [7, 11) is 0. The van der Waals surface area contributed by atoms with Crippen LogP contribution in [0, 0.1) is 5.82 Å². The smallest absolute Gasteiger partial charge is 0.310 e. The molecule has 17 heavy (non-hydrogen) atoms. The van der Waals surface area contributed by atoms with E-state index in [4.69, 9.17) is 0 Å². The van der Waals surface area contributed by atoms with E-state index in [0.29, 0.717) is 13.0 Å². The van der Waals surface area contributed by atoms with Gasteiger partial charge >= 0.3 is 6.18 Å². The molecule has 1 aromatic carbocycles. The van der Waals surface area contributed by atoms with Crippen LogP contribution >= 0.6 is 0 Å². The highest BCUT2D eigenvalue weighted by atomic mass is 19.4. The van der Waals surface area contributed by atoms with Gasteiger partial charge in [0.05, 0.1) is 5.56 Å². The minimum atomic E-state index is -4.43. The molecule has 5 heteroatoms. The molecule has 0 unspecified atom stereocenters. The highest BCUT2D eigenvalue weighted by Crippen LogP contribution is 2.37. The molecule has 1 N–H and O–H groups in total. The largest absolute Gasteiger partial charge is 0.416 e. The van der Waals surface area contributed by atoms with Crippen LogP contribution in [0.3, 0.4) is 0 Å². The van der Waals surface area contributed by atoms with Crippen LogP contribution in [0.25, 0.3) is 0 Å². The van der Waals surface area contributed by atoms with E-state index in [1.54, 1.807) is 0 Å². The zero-order chi connectivity index (χ0) is 12.5. The van der Waals surface area contributed by atoms with E-state index in [2.05, 4.69) is 5.32 Å².